The molecule has 1 aliphatic rings. The minimum atomic E-state index is -0.242. The van der Waals surface area contributed by atoms with Gasteiger partial charge in [0.15, 0.2) is 0 Å². The lowest BCUT2D eigenvalue weighted by Gasteiger charge is -2.16. The van der Waals surface area contributed by atoms with Crippen LogP contribution in [0.5, 0.6) is 0 Å². The second-order valence-electron chi connectivity index (χ2n) is 6.65. The second kappa shape index (κ2) is 5.78. The normalized spacial score (nSPS) is 13.9. The number of aromatic nitrogens is 4. The predicted molar refractivity (Wildman–Crippen MR) is 99.2 cm³/mol. The average molecular weight is 347 g/mol. The number of halogens is 1. The quantitative estimate of drug-likeness (QED) is 0.582. The van der Waals surface area contributed by atoms with Crippen LogP contribution in [-0.2, 0) is 13.1 Å². The van der Waals surface area contributed by atoms with Crippen LogP contribution in [0.4, 0.5) is 4.39 Å². The molecule has 5 nitrogen and oxygen atoms in total. The van der Waals surface area contributed by atoms with Gasteiger partial charge in [-0.05, 0) is 42.3 Å². The number of nitrogens with zero attached hydrogens (tertiary/aromatic N) is 3. The molecule has 0 saturated heterocycles. The molecule has 2 N–H and O–H groups in total. The number of benzene rings is 1. The summed E-state index contributed by atoms with van der Waals surface area (Å²) >= 11 is 0. The van der Waals surface area contributed by atoms with Crippen molar-refractivity contribution in [3.05, 3.63) is 59.8 Å². The molecule has 0 radical (unpaired) electrons. The van der Waals surface area contributed by atoms with Gasteiger partial charge >= 0.3 is 0 Å². The van der Waals surface area contributed by atoms with Crippen molar-refractivity contribution in [3.63, 3.8) is 0 Å². The van der Waals surface area contributed by atoms with Crippen LogP contribution in [0.15, 0.2) is 42.7 Å². The first-order valence-electron chi connectivity index (χ1n) is 8.72. The molecule has 0 unspecified atom stereocenters. The van der Waals surface area contributed by atoms with E-state index in [1.54, 1.807) is 12.3 Å². The number of fused-ring (bicyclic) bond motifs is 2. The fourth-order valence-corrected chi connectivity index (χ4v) is 3.72. The Hall–Kier alpha value is -2.99. The molecule has 0 bridgehead atoms. The molecule has 3 aromatic heterocycles. The van der Waals surface area contributed by atoms with Crippen molar-refractivity contribution >= 4 is 11.0 Å². The van der Waals surface area contributed by atoms with Crippen LogP contribution in [-0.4, -0.2) is 26.3 Å². The van der Waals surface area contributed by atoms with Gasteiger partial charge in [0.05, 0.1) is 12.2 Å². The third-order valence-electron chi connectivity index (χ3n) is 4.96. The SMILES string of the molecule is Cc1ccc(-c2nn3c(c2-c2ccnc4[nH]ccc24)CNCC3)c(F)c1. The van der Waals surface area contributed by atoms with E-state index in [-0.39, 0.29) is 5.82 Å². The zero-order valence-corrected chi connectivity index (χ0v) is 14.4. The van der Waals surface area contributed by atoms with Gasteiger partial charge in [0.25, 0.3) is 0 Å². The molecule has 1 aromatic carbocycles. The second-order valence-corrected chi connectivity index (χ2v) is 6.65. The van der Waals surface area contributed by atoms with Crippen molar-refractivity contribution in [1.82, 2.24) is 25.1 Å². The molecule has 0 aliphatic carbocycles. The van der Waals surface area contributed by atoms with Gasteiger partial charge in [-0.1, -0.05) is 6.07 Å². The Morgan fingerprint density at radius 3 is 2.96 bits per heavy atom. The van der Waals surface area contributed by atoms with Gasteiger partial charge in [0.2, 0.25) is 0 Å². The summed E-state index contributed by atoms with van der Waals surface area (Å²) in [5.41, 5.74) is 6.03. The third-order valence-corrected chi connectivity index (χ3v) is 4.96. The Morgan fingerprint density at radius 2 is 2.08 bits per heavy atom. The molecule has 0 spiro atoms. The Kier molecular flexibility index (Phi) is 3.39. The maximum Gasteiger partial charge on any atom is 0.137 e. The van der Waals surface area contributed by atoms with Crippen LogP contribution < -0.4 is 5.32 Å². The number of pyridine rings is 1. The Balaban J connectivity index is 1.84. The van der Waals surface area contributed by atoms with E-state index < -0.39 is 0 Å². The molecular weight excluding hydrogens is 329 g/mol. The maximum atomic E-state index is 14.8. The van der Waals surface area contributed by atoms with Gasteiger partial charge in [-0.2, -0.15) is 5.10 Å². The summed E-state index contributed by atoms with van der Waals surface area (Å²) in [4.78, 5) is 7.53. The molecule has 4 aromatic rings. The molecule has 1 aliphatic heterocycles. The van der Waals surface area contributed by atoms with Crippen molar-refractivity contribution < 1.29 is 4.39 Å². The van der Waals surface area contributed by atoms with Crippen LogP contribution in [0.25, 0.3) is 33.4 Å². The van der Waals surface area contributed by atoms with E-state index >= 15 is 0 Å². The van der Waals surface area contributed by atoms with E-state index in [1.807, 2.05) is 42.1 Å². The van der Waals surface area contributed by atoms with Crippen LogP contribution in [0.3, 0.4) is 0 Å². The van der Waals surface area contributed by atoms with Crippen LogP contribution >= 0.6 is 0 Å². The zero-order chi connectivity index (χ0) is 17.7. The number of aryl methyl sites for hydroxylation is 1. The highest BCUT2D eigenvalue weighted by Gasteiger charge is 2.25. The largest absolute Gasteiger partial charge is 0.346 e. The van der Waals surface area contributed by atoms with Crippen molar-refractivity contribution in [1.29, 1.82) is 0 Å². The number of hydrogen-bond donors (Lipinski definition) is 2. The van der Waals surface area contributed by atoms with Gasteiger partial charge < -0.3 is 10.3 Å². The van der Waals surface area contributed by atoms with Crippen molar-refractivity contribution in [2.24, 2.45) is 0 Å². The van der Waals surface area contributed by atoms with Gasteiger partial charge in [-0.15, -0.1) is 0 Å². The van der Waals surface area contributed by atoms with Crippen molar-refractivity contribution in [3.8, 4) is 22.4 Å². The van der Waals surface area contributed by atoms with E-state index in [4.69, 9.17) is 5.10 Å². The fraction of sp³-hybridized carbons (Fsp3) is 0.200. The first kappa shape index (κ1) is 15.3. The lowest BCUT2D eigenvalue weighted by molar-refractivity contribution is 0.477. The highest BCUT2D eigenvalue weighted by molar-refractivity contribution is 5.98. The summed E-state index contributed by atoms with van der Waals surface area (Å²) in [7, 11) is 0. The number of rotatable bonds is 2. The Labute approximate surface area is 149 Å². The van der Waals surface area contributed by atoms with Crippen molar-refractivity contribution in [2.45, 2.75) is 20.0 Å². The Bertz CT molecular complexity index is 1120. The lowest BCUT2D eigenvalue weighted by Crippen LogP contribution is -2.28. The predicted octanol–water partition coefficient (Wildman–Crippen LogP) is 3.64. The average Bonchev–Trinajstić information content (AvgIpc) is 3.26. The lowest BCUT2D eigenvalue weighted by atomic mass is 9.96. The van der Waals surface area contributed by atoms with Crippen LogP contribution in [0, 0.1) is 12.7 Å². The molecule has 4 heterocycles. The standard InChI is InChI=1S/C20H18FN5/c1-12-2-3-15(16(21)10-12)19-18(17-11-22-8-9-26(17)25-19)13-4-6-23-20-14(13)5-7-24-20/h2-7,10,22H,8-9,11H2,1H3,(H,23,24). The summed E-state index contributed by atoms with van der Waals surface area (Å²) in [6.07, 6.45) is 3.66. The topological polar surface area (TPSA) is 58.5 Å². The molecule has 6 heteroatoms. The molecule has 0 saturated carbocycles. The van der Waals surface area contributed by atoms with E-state index in [2.05, 4.69) is 15.3 Å². The smallest absolute Gasteiger partial charge is 0.137 e. The van der Waals surface area contributed by atoms with Crippen LogP contribution in [0.2, 0.25) is 0 Å². The van der Waals surface area contributed by atoms with E-state index in [1.165, 1.54) is 0 Å². The van der Waals surface area contributed by atoms with Crippen LogP contribution in [0.1, 0.15) is 11.3 Å². The summed E-state index contributed by atoms with van der Waals surface area (Å²) in [5.74, 6) is -0.242. The summed E-state index contributed by atoms with van der Waals surface area (Å²) in [5, 5.41) is 9.20. The molecule has 0 amide bonds. The highest BCUT2D eigenvalue weighted by atomic mass is 19.1. The Morgan fingerprint density at radius 1 is 1.15 bits per heavy atom. The zero-order valence-electron chi connectivity index (χ0n) is 14.4. The first-order valence-corrected chi connectivity index (χ1v) is 8.72. The molecule has 0 atom stereocenters. The van der Waals surface area contributed by atoms with Gasteiger partial charge in [0, 0.05) is 42.0 Å². The minimum Gasteiger partial charge on any atom is -0.346 e. The molecule has 0 fully saturated rings. The summed E-state index contributed by atoms with van der Waals surface area (Å²) in [6.45, 7) is 4.24. The number of hydrogen-bond acceptors (Lipinski definition) is 3. The number of aromatic amines is 1. The van der Waals surface area contributed by atoms with Crippen molar-refractivity contribution in [2.75, 3.05) is 6.54 Å². The first-order chi connectivity index (χ1) is 12.7. The molecular formula is C20H18FN5. The van der Waals surface area contributed by atoms with Gasteiger partial charge in [0.1, 0.15) is 17.2 Å². The fourth-order valence-electron chi connectivity index (χ4n) is 3.72. The monoisotopic (exact) mass is 347 g/mol. The van der Waals surface area contributed by atoms with Gasteiger partial charge in [-0.25, -0.2) is 9.37 Å². The summed E-state index contributed by atoms with van der Waals surface area (Å²) in [6, 6.07) is 9.31. The number of nitrogens with one attached hydrogen (secondary N) is 2. The third kappa shape index (κ3) is 2.26. The highest BCUT2D eigenvalue weighted by Crippen LogP contribution is 2.39. The van der Waals surface area contributed by atoms with E-state index in [0.717, 1.165) is 46.5 Å². The van der Waals surface area contributed by atoms with E-state index in [9.17, 15) is 4.39 Å². The summed E-state index contributed by atoms with van der Waals surface area (Å²) < 4.78 is 16.8. The molecule has 130 valence electrons. The number of H-pyrrole nitrogens is 1. The maximum absolute atomic E-state index is 14.8. The van der Waals surface area contributed by atoms with Gasteiger partial charge in [-0.3, -0.25) is 4.68 Å². The van der Waals surface area contributed by atoms with E-state index in [0.29, 0.717) is 17.8 Å². The minimum absolute atomic E-state index is 0.242. The molecule has 26 heavy (non-hydrogen) atoms. The molecule has 5 rings (SSSR count).